The molecule has 1 aromatic rings. The van der Waals surface area contributed by atoms with Crippen molar-refractivity contribution in [1.82, 2.24) is 14.8 Å². The highest BCUT2D eigenvalue weighted by Crippen LogP contribution is 2.44. The van der Waals surface area contributed by atoms with Crippen molar-refractivity contribution in [1.29, 1.82) is 0 Å². The molecule has 0 spiro atoms. The lowest BCUT2D eigenvalue weighted by Crippen LogP contribution is -2.40. The standard InChI is InChI=1S/C9H12F5N3O/c1-7(2,3)17-5(4-18)15-16-6(17)8(10,11)9(12,13)14/h18H,4H2,1-3H3. The molecule has 0 aliphatic rings. The summed E-state index contributed by atoms with van der Waals surface area (Å²) in [4.78, 5) is 0. The Kier molecular flexibility index (Phi) is 3.41. The van der Waals surface area contributed by atoms with Gasteiger partial charge in [0.2, 0.25) is 5.82 Å². The quantitative estimate of drug-likeness (QED) is 0.840. The average Bonchev–Trinajstić information content (AvgIpc) is 2.58. The fourth-order valence-corrected chi connectivity index (χ4v) is 1.45. The minimum absolute atomic E-state index is 0.346. The molecule has 18 heavy (non-hydrogen) atoms. The first-order valence-corrected chi connectivity index (χ1v) is 4.93. The molecule has 0 aromatic carbocycles. The molecule has 0 saturated heterocycles. The number of alkyl halides is 5. The van der Waals surface area contributed by atoms with E-state index in [4.69, 9.17) is 5.11 Å². The fourth-order valence-electron chi connectivity index (χ4n) is 1.45. The number of aliphatic hydroxyl groups is 1. The molecule has 0 saturated carbocycles. The fraction of sp³-hybridized carbons (Fsp3) is 0.778. The highest BCUT2D eigenvalue weighted by atomic mass is 19.4. The van der Waals surface area contributed by atoms with Gasteiger partial charge in [-0.25, -0.2) is 0 Å². The topological polar surface area (TPSA) is 50.9 Å². The van der Waals surface area contributed by atoms with Gasteiger partial charge in [0.05, 0.1) is 0 Å². The summed E-state index contributed by atoms with van der Waals surface area (Å²) in [5, 5.41) is 15.0. The number of hydrogen-bond donors (Lipinski definition) is 1. The zero-order valence-corrected chi connectivity index (χ0v) is 9.89. The lowest BCUT2D eigenvalue weighted by molar-refractivity contribution is -0.294. The molecule has 0 aliphatic carbocycles. The predicted octanol–water partition coefficient (Wildman–Crippen LogP) is 2.18. The first-order valence-electron chi connectivity index (χ1n) is 4.93. The Morgan fingerprint density at radius 3 is 1.89 bits per heavy atom. The van der Waals surface area contributed by atoms with Crippen LogP contribution in [0.3, 0.4) is 0 Å². The van der Waals surface area contributed by atoms with Gasteiger partial charge < -0.3 is 9.67 Å². The lowest BCUT2D eigenvalue weighted by atomic mass is 10.1. The van der Waals surface area contributed by atoms with E-state index >= 15 is 0 Å². The second-order valence-electron chi connectivity index (χ2n) is 4.68. The predicted molar refractivity (Wildman–Crippen MR) is 50.9 cm³/mol. The summed E-state index contributed by atoms with van der Waals surface area (Å²) in [6.45, 7) is 3.45. The third-order valence-electron chi connectivity index (χ3n) is 2.18. The zero-order chi connectivity index (χ0) is 14.4. The molecule has 0 radical (unpaired) electrons. The summed E-state index contributed by atoms with van der Waals surface area (Å²) in [5.74, 6) is -6.99. The third kappa shape index (κ3) is 2.31. The molecule has 0 fully saturated rings. The zero-order valence-electron chi connectivity index (χ0n) is 9.89. The molecule has 0 unspecified atom stereocenters. The maximum absolute atomic E-state index is 13.3. The van der Waals surface area contributed by atoms with E-state index in [9.17, 15) is 22.0 Å². The van der Waals surface area contributed by atoms with Crippen molar-refractivity contribution in [2.45, 2.75) is 45.0 Å². The largest absolute Gasteiger partial charge is 0.461 e. The SMILES string of the molecule is CC(C)(C)n1c(CO)nnc1C(F)(F)C(F)(F)F. The van der Waals surface area contributed by atoms with Crippen LogP contribution in [0.25, 0.3) is 0 Å². The van der Waals surface area contributed by atoms with Crippen molar-refractivity contribution in [3.05, 3.63) is 11.6 Å². The monoisotopic (exact) mass is 273 g/mol. The van der Waals surface area contributed by atoms with E-state index in [1.54, 1.807) is 0 Å². The van der Waals surface area contributed by atoms with Gasteiger partial charge in [0.15, 0.2) is 5.82 Å². The Balaban J connectivity index is 3.48. The summed E-state index contributed by atoms with van der Waals surface area (Å²) < 4.78 is 64.1. The molecule has 1 rings (SSSR count). The molecule has 0 bridgehead atoms. The summed E-state index contributed by atoms with van der Waals surface area (Å²) in [6, 6.07) is 0. The van der Waals surface area contributed by atoms with Gasteiger partial charge in [-0.05, 0) is 20.8 Å². The van der Waals surface area contributed by atoms with Gasteiger partial charge in [-0.3, -0.25) is 0 Å². The van der Waals surface area contributed by atoms with E-state index in [1.165, 1.54) is 20.8 Å². The van der Waals surface area contributed by atoms with Crippen LogP contribution in [0.4, 0.5) is 22.0 Å². The Labute approximate surface area is 99.4 Å². The van der Waals surface area contributed by atoms with E-state index in [2.05, 4.69) is 10.2 Å². The highest BCUT2D eigenvalue weighted by molar-refractivity contribution is 5.08. The third-order valence-corrected chi connectivity index (χ3v) is 2.18. The van der Waals surface area contributed by atoms with E-state index in [1.807, 2.05) is 0 Å². The van der Waals surface area contributed by atoms with Crippen molar-refractivity contribution in [3.8, 4) is 0 Å². The number of aromatic nitrogens is 3. The maximum atomic E-state index is 13.3. The molecule has 4 nitrogen and oxygen atoms in total. The number of hydrogen-bond acceptors (Lipinski definition) is 3. The van der Waals surface area contributed by atoms with Crippen LogP contribution in [0.2, 0.25) is 0 Å². The van der Waals surface area contributed by atoms with Crippen LogP contribution in [-0.2, 0) is 18.1 Å². The average molecular weight is 273 g/mol. The smallest absolute Gasteiger partial charge is 0.388 e. The van der Waals surface area contributed by atoms with E-state index < -0.39 is 30.1 Å². The van der Waals surface area contributed by atoms with Crippen LogP contribution in [0.15, 0.2) is 0 Å². The molecule has 1 N–H and O–H groups in total. The molecule has 1 aromatic heterocycles. The number of halogens is 5. The van der Waals surface area contributed by atoms with E-state index in [0.29, 0.717) is 4.57 Å². The molecule has 0 amide bonds. The lowest BCUT2D eigenvalue weighted by Gasteiger charge is -2.28. The van der Waals surface area contributed by atoms with Crippen molar-refractivity contribution in [3.63, 3.8) is 0 Å². The maximum Gasteiger partial charge on any atom is 0.461 e. The Hall–Kier alpha value is -1.25. The number of aliphatic hydroxyl groups excluding tert-OH is 1. The van der Waals surface area contributed by atoms with Crippen molar-refractivity contribution in [2.24, 2.45) is 0 Å². The number of nitrogens with zero attached hydrogens (tertiary/aromatic N) is 3. The van der Waals surface area contributed by atoms with Gasteiger partial charge in [-0.15, -0.1) is 10.2 Å². The normalized spacial score (nSPS) is 14.1. The van der Waals surface area contributed by atoms with Crippen LogP contribution >= 0.6 is 0 Å². The van der Waals surface area contributed by atoms with Gasteiger partial charge in [-0.2, -0.15) is 22.0 Å². The highest BCUT2D eigenvalue weighted by Gasteiger charge is 2.62. The van der Waals surface area contributed by atoms with Crippen LogP contribution < -0.4 is 0 Å². The summed E-state index contributed by atoms with van der Waals surface area (Å²) in [7, 11) is 0. The van der Waals surface area contributed by atoms with Gasteiger partial charge in [0, 0.05) is 5.54 Å². The van der Waals surface area contributed by atoms with Gasteiger partial charge >= 0.3 is 12.1 Å². The second-order valence-corrected chi connectivity index (χ2v) is 4.68. The van der Waals surface area contributed by atoms with E-state index in [-0.39, 0.29) is 5.82 Å². The molecule has 0 atom stereocenters. The van der Waals surface area contributed by atoms with Gasteiger partial charge in [0.25, 0.3) is 0 Å². The summed E-state index contributed by atoms with van der Waals surface area (Å²) in [6.07, 6.45) is -5.77. The minimum atomic E-state index is -5.77. The van der Waals surface area contributed by atoms with Gasteiger partial charge in [0.1, 0.15) is 6.61 Å². The Morgan fingerprint density at radius 1 is 1.06 bits per heavy atom. The van der Waals surface area contributed by atoms with Crippen LogP contribution in [-0.4, -0.2) is 26.0 Å². The van der Waals surface area contributed by atoms with Crippen LogP contribution in [0.1, 0.15) is 32.4 Å². The first-order chi connectivity index (χ1) is 7.93. The first kappa shape index (κ1) is 14.8. The van der Waals surface area contributed by atoms with Gasteiger partial charge in [-0.1, -0.05) is 0 Å². The van der Waals surface area contributed by atoms with Crippen molar-refractivity contribution in [2.75, 3.05) is 0 Å². The Morgan fingerprint density at radius 2 is 1.56 bits per heavy atom. The second kappa shape index (κ2) is 4.15. The molecule has 9 heteroatoms. The molecular weight excluding hydrogens is 261 g/mol. The molecule has 0 aliphatic heterocycles. The minimum Gasteiger partial charge on any atom is -0.388 e. The molecule has 1 heterocycles. The van der Waals surface area contributed by atoms with Crippen LogP contribution in [0, 0.1) is 0 Å². The summed E-state index contributed by atoms with van der Waals surface area (Å²) >= 11 is 0. The van der Waals surface area contributed by atoms with Crippen LogP contribution in [0.5, 0.6) is 0 Å². The Bertz CT molecular complexity index is 432. The van der Waals surface area contributed by atoms with Crippen molar-refractivity contribution >= 4 is 0 Å². The van der Waals surface area contributed by atoms with Crippen molar-refractivity contribution < 1.29 is 27.1 Å². The summed E-state index contributed by atoms with van der Waals surface area (Å²) in [5.41, 5.74) is -1.12. The molecular formula is C9H12F5N3O. The number of rotatable bonds is 2. The molecule has 104 valence electrons. The van der Waals surface area contributed by atoms with E-state index in [0.717, 1.165) is 0 Å².